The molecule has 0 fully saturated rings. The zero-order chi connectivity index (χ0) is 9.36. The first-order chi connectivity index (χ1) is 6.43. The summed E-state index contributed by atoms with van der Waals surface area (Å²) in [6.07, 6.45) is 5.64. The van der Waals surface area contributed by atoms with Gasteiger partial charge in [-0.15, -0.1) is 0 Å². The fraction of sp³-hybridized carbons (Fsp3) is 0.500. The van der Waals surface area contributed by atoms with Crippen LogP contribution in [0.3, 0.4) is 0 Å². The van der Waals surface area contributed by atoms with Crippen molar-refractivity contribution in [3.05, 3.63) is 33.9 Å². The molecule has 1 heteroatoms. The number of unbranched alkanes of at least 4 members (excludes halogenated alkanes) is 3. The standard InChI is InChI=1S/C12H18I/c1-2-3-4-8-11-13-12-9-6-5-7-10-12/h5-7,9-10H,2-4,8,11H2,1H3/q-1. The van der Waals surface area contributed by atoms with Crippen molar-refractivity contribution in [1.82, 2.24) is 0 Å². The van der Waals surface area contributed by atoms with E-state index >= 15 is 0 Å². The second-order valence-corrected chi connectivity index (χ2v) is 6.27. The summed E-state index contributed by atoms with van der Waals surface area (Å²) in [5.41, 5.74) is 0. The Morgan fingerprint density at radius 2 is 1.77 bits per heavy atom. The van der Waals surface area contributed by atoms with Gasteiger partial charge < -0.3 is 0 Å². The minimum atomic E-state index is 0.309. The first kappa shape index (κ1) is 11.0. The van der Waals surface area contributed by atoms with E-state index in [1.807, 2.05) is 0 Å². The molecule has 0 aromatic heterocycles. The number of rotatable bonds is 6. The van der Waals surface area contributed by atoms with Gasteiger partial charge in [0.25, 0.3) is 0 Å². The number of benzene rings is 1. The molecule has 0 saturated heterocycles. The summed E-state index contributed by atoms with van der Waals surface area (Å²) in [6.45, 7) is 2.27. The van der Waals surface area contributed by atoms with Crippen molar-refractivity contribution in [3.8, 4) is 0 Å². The van der Waals surface area contributed by atoms with Gasteiger partial charge in [-0.05, 0) is 0 Å². The summed E-state index contributed by atoms with van der Waals surface area (Å²) in [7, 11) is 0. The molecule has 74 valence electrons. The van der Waals surface area contributed by atoms with Gasteiger partial charge in [0.05, 0.1) is 0 Å². The van der Waals surface area contributed by atoms with Gasteiger partial charge >= 0.3 is 92.1 Å². The molecule has 1 aromatic carbocycles. The third kappa shape index (κ3) is 5.29. The third-order valence-corrected chi connectivity index (χ3v) is 4.87. The summed E-state index contributed by atoms with van der Waals surface area (Å²) < 4.78 is 3.06. The molecular formula is C12H18I-. The van der Waals surface area contributed by atoms with Crippen LogP contribution < -0.4 is 21.2 Å². The second-order valence-electron chi connectivity index (χ2n) is 3.18. The fourth-order valence-electron chi connectivity index (χ4n) is 1.20. The van der Waals surface area contributed by atoms with E-state index < -0.39 is 0 Å². The van der Waals surface area contributed by atoms with Crippen LogP contribution >= 0.6 is 0 Å². The molecule has 13 heavy (non-hydrogen) atoms. The Kier molecular flexibility index (Phi) is 6.25. The Labute approximate surface area is 92.0 Å². The molecule has 0 radical (unpaired) electrons. The van der Waals surface area contributed by atoms with Gasteiger partial charge in [0.15, 0.2) is 0 Å². The molecule has 0 nitrogen and oxygen atoms in total. The van der Waals surface area contributed by atoms with E-state index in [1.165, 1.54) is 30.1 Å². The molecule has 1 rings (SSSR count). The Morgan fingerprint density at radius 3 is 2.46 bits per heavy atom. The summed E-state index contributed by atoms with van der Waals surface area (Å²) >= 11 is 0.309. The maximum atomic E-state index is 2.27. The number of halogens is 1. The Morgan fingerprint density at radius 1 is 1.00 bits per heavy atom. The molecular weight excluding hydrogens is 271 g/mol. The van der Waals surface area contributed by atoms with Gasteiger partial charge in [-0.3, -0.25) is 0 Å². The summed E-state index contributed by atoms with van der Waals surface area (Å²) in [4.78, 5) is 0. The number of alkyl halides is 1. The van der Waals surface area contributed by atoms with Crippen molar-refractivity contribution in [2.24, 2.45) is 0 Å². The first-order valence-corrected chi connectivity index (χ1v) is 7.68. The van der Waals surface area contributed by atoms with Gasteiger partial charge in [-0.25, -0.2) is 0 Å². The molecule has 0 bridgehead atoms. The molecule has 0 aliphatic carbocycles. The van der Waals surface area contributed by atoms with Crippen molar-refractivity contribution in [3.63, 3.8) is 0 Å². The van der Waals surface area contributed by atoms with Gasteiger partial charge in [-0.1, -0.05) is 0 Å². The molecule has 0 N–H and O–H groups in total. The van der Waals surface area contributed by atoms with Crippen LogP contribution in [-0.2, 0) is 0 Å². The predicted molar refractivity (Wildman–Crippen MR) is 54.1 cm³/mol. The quantitative estimate of drug-likeness (QED) is 0.407. The maximum absolute atomic E-state index is 2.27. The fourth-order valence-corrected chi connectivity index (χ4v) is 3.67. The van der Waals surface area contributed by atoms with Crippen LogP contribution in [0.1, 0.15) is 32.6 Å². The van der Waals surface area contributed by atoms with Crippen LogP contribution in [0.2, 0.25) is 0 Å². The molecule has 0 heterocycles. The van der Waals surface area contributed by atoms with Crippen molar-refractivity contribution in [2.45, 2.75) is 32.6 Å². The van der Waals surface area contributed by atoms with E-state index in [0.29, 0.717) is 21.2 Å². The Balaban J connectivity index is 2.07. The van der Waals surface area contributed by atoms with Crippen LogP contribution in [-0.4, -0.2) is 4.43 Å². The molecule has 0 saturated carbocycles. The molecule has 1 aromatic rings. The monoisotopic (exact) mass is 289 g/mol. The predicted octanol–water partition coefficient (Wildman–Crippen LogP) is 0.526. The zero-order valence-electron chi connectivity index (χ0n) is 8.30. The van der Waals surface area contributed by atoms with E-state index in [-0.39, 0.29) is 0 Å². The van der Waals surface area contributed by atoms with Gasteiger partial charge in [0, 0.05) is 0 Å². The summed E-state index contributed by atoms with van der Waals surface area (Å²) in [6, 6.07) is 11.0. The van der Waals surface area contributed by atoms with Crippen LogP contribution in [0.25, 0.3) is 0 Å². The van der Waals surface area contributed by atoms with E-state index in [9.17, 15) is 0 Å². The van der Waals surface area contributed by atoms with E-state index in [0.717, 1.165) is 0 Å². The molecule has 0 atom stereocenters. The van der Waals surface area contributed by atoms with Gasteiger partial charge in [0.1, 0.15) is 0 Å². The van der Waals surface area contributed by atoms with Gasteiger partial charge in [0.2, 0.25) is 0 Å². The average Bonchev–Trinajstić information content (AvgIpc) is 2.19. The van der Waals surface area contributed by atoms with E-state index in [2.05, 4.69) is 37.3 Å². The third-order valence-electron chi connectivity index (χ3n) is 1.97. The topological polar surface area (TPSA) is 0 Å². The average molecular weight is 289 g/mol. The van der Waals surface area contributed by atoms with Crippen molar-refractivity contribution < 1.29 is 21.2 Å². The summed E-state index contributed by atoms with van der Waals surface area (Å²) in [5.74, 6) is 0. The van der Waals surface area contributed by atoms with Crippen molar-refractivity contribution >= 4 is 0 Å². The van der Waals surface area contributed by atoms with E-state index in [4.69, 9.17) is 0 Å². The van der Waals surface area contributed by atoms with Crippen molar-refractivity contribution in [2.75, 3.05) is 4.43 Å². The molecule has 0 aliphatic rings. The van der Waals surface area contributed by atoms with Crippen molar-refractivity contribution in [1.29, 1.82) is 0 Å². The Hall–Kier alpha value is -0.0500. The SMILES string of the molecule is CCCCCC[I-]c1ccccc1. The molecule has 0 aliphatic heterocycles. The van der Waals surface area contributed by atoms with Crippen LogP contribution in [0.5, 0.6) is 0 Å². The minimum absolute atomic E-state index is 0.309. The number of hydrogen-bond donors (Lipinski definition) is 0. The van der Waals surface area contributed by atoms with Crippen LogP contribution in [0.15, 0.2) is 30.3 Å². The Bertz CT molecular complexity index is 206. The molecule has 0 spiro atoms. The van der Waals surface area contributed by atoms with E-state index in [1.54, 1.807) is 3.57 Å². The van der Waals surface area contributed by atoms with Gasteiger partial charge in [-0.2, -0.15) is 0 Å². The number of hydrogen-bond acceptors (Lipinski definition) is 0. The molecule has 0 unspecified atom stereocenters. The zero-order valence-corrected chi connectivity index (χ0v) is 10.5. The normalized spacial score (nSPS) is 10.5. The second kappa shape index (κ2) is 7.36. The molecule has 0 amide bonds. The summed E-state index contributed by atoms with van der Waals surface area (Å²) in [5, 5.41) is 0. The first-order valence-electron chi connectivity index (χ1n) is 5.07. The van der Waals surface area contributed by atoms with Crippen LogP contribution in [0, 0.1) is 3.57 Å². The van der Waals surface area contributed by atoms with Crippen LogP contribution in [0.4, 0.5) is 0 Å².